The number of imidazole rings is 1. The second-order valence-electron chi connectivity index (χ2n) is 7.02. The molecule has 0 spiro atoms. The molecule has 1 atom stereocenters. The normalized spacial score (nSPS) is 17.8. The number of likely N-dealkylation sites (tertiary alicyclic amines) is 1. The van der Waals surface area contributed by atoms with Crippen molar-refractivity contribution < 1.29 is 9.32 Å². The van der Waals surface area contributed by atoms with Crippen LogP contribution in [0.4, 0.5) is 0 Å². The number of hydrogen-bond donors (Lipinski definition) is 1. The number of fused-ring (bicyclic) bond motifs is 1. The largest absolute Gasteiger partial charge is 0.360 e. The van der Waals surface area contributed by atoms with Crippen molar-refractivity contribution in [3.8, 4) is 0 Å². The minimum atomic E-state index is -0.0877. The molecule has 0 radical (unpaired) electrons. The van der Waals surface area contributed by atoms with Crippen molar-refractivity contribution in [3.05, 3.63) is 47.1 Å². The van der Waals surface area contributed by atoms with E-state index in [4.69, 9.17) is 9.51 Å². The molecule has 130 valence electrons. The molecule has 3 aromatic rings. The Morgan fingerprint density at radius 1 is 1.40 bits per heavy atom. The van der Waals surface area contributed by atoms with Gasteiger partial charge < -0.3 is 14.4 Å². The Labute approximate surface area is 146 Å². The van der Waals surface area contributed by atoms with E-state index in [1.165, 1.54) is 0 Å². The molecule has 0 saturated carbocycles. The van der Waals surface area contributed by atoms with E-state index in [0.717, 1.165) is 41.0 Å². The second kappa shape index (κ2) is 6.02. The zero-order chi connectivity index (χ0) is 17.6. The standard InChI is InChI=1S/C19H22N4O2/c1-11(2)16-10-14(22-25-16)19(24)23-9-5-8-15(23)18-20-13-7-4-6-12(3)17(13)21-18/h4,6-7,10-11,15H,5,8-9H2,1-3H3,(H,20,21)/t15-/m0/s1. The molecule has 6 nitrogen and oxygen atoms in total. The van der Waals surface area contributed by atoms with Gasteiger partial charge in [0.05, 0.1) is 17.1 Å². The van der Waals surface area contributed by atoms with Crippen LogP contribution in [-0.4, -0.2) is 32.5 Å². The Kier molecular flexibility index (Phi) is 3.82. The molecule has 0 aliphatic carbocycles. The van der Waals surface area contributed by atoms with Gasteiger partial charge in [0.2, 0.25) is 0 Å². The molecule has 1 amide bonds. The van der Waals surface area contributed by atoms with E-state index in [2.05, 4.69) is 10.1 Å². The molecule has 1 aliphatic rings. The third kappa shape index (κ3) is 2.71. The second-order valence-corrected chi connectivity index (χ2v) is 7.02. The number of aryl methyl sites for hydroxylation is 1. The maximum absolute atomic E-state index is 12.9. The highest BCUT2D eigenvalue weighted by Gasteiger charge is 2.34. The van der Waals surface area contributed by atoms with Crippen LogP contribution in [0.1, 0.15) is 66.3 Å². The van der Waals surface area contributed by atoms with Crippen LogP contribution in [-0.2, 0) is 0 Å². The number of hydrogen-bond acceptors (Lipinski definition) is 4. The fourth-order valence-electron chi connectivity index (χ4n) is 3.46. The molecule has 25 heavy (non-hydrogen) atoms. The van der Waals surface area contributed by atoms with Gasteiger partial charge in [-0.3, -0.25) is 4.79 Å². The summed E-state index contributed by atoms with van der Waals surface area (Å²) in [6.07, 6.45) is 1.86. The van der Waals surface area contributed by atoms with Gasteiger partial charge in [0.1, 0.15) is 11.6 Å². The Morgan fingerprint density at radius 2 is 2.24 bits per heavy atom. The molecule has 1 saturated heterocycles. The van der Waals surface area contributed by atoms with Crippen LogP contribution in [0.15, 0.2) is 28.8 Å². The summed E-state index contributed by atoms with van der Waals surface area (Å²) in [6.45, 7) is 6.80. The number of nitrogens with one attached hydrogen (secondary N) is 1. The Hall–Kier alpha value is -2.63. The smallest absolute Gasteiger partial charge is 0.276 e. The molecule has 6 heteroatoms. The highest BCUT2D eigenvalue weighted by atomic mass is 16.5. The third-order valence-electron chi connectivity index (χ3n) is 4.88. The number of aromatic nitrogens is 3. The van der Waals surface area contributed by atoms with Crippen molar-refractivity contribution in [1.82, 2.24) is 20.0 Å². The van der Waals surface area contributed by atoms with Gasteiger partial charge in [-0.1, -0.05) is 31.1 Å². The van der Waals surface area contributed by atoms with Crippen LogP contribution in [0.2, 0.25) is 0 Å². The van der Waals surface area contributed by atoms with Crippen LogP contribution in [0.25, 0.3) is 11.0 Å². The number of carbonyl (C=O) groups excluding carboxylic acids is 1. The summed E-state index contributed by atoms with van der Waals surface area (Å²) in [6, 6.07) is 7.80. The van der Waals surface area contributed by atoms with Crippen molar-refractivity contribution in [2.75, 3.05) is 6.54 Å². The first kappa shape index (κ1) is 15.9. The lowest BCUT2D eigenvalue weighted by Gasteiger charge is -2.21. The van der Waals surface area contributed by atoms with Gasteiger partial charge in [-0.25, -0.2) is 4.98 Å². The van der Waals surface area contributed by atoms with Crippen molar-refractivity contribution in [2.45, 2.75) is 45.6 Å². The van der Waals surface area contributed by atoms with Gasteiger partial charge in [-0.05, 0) is 31.4 Å². The van der Waals surface area contributed by atoms with Crippen LogP contribution in [0, 0.1) is 6.92 Å². The van der Waals surface area contributed by atoms with E-state index in [1.807, 2.05) is 43.9 Å². The van der Waals surface area contributed by atoms with Gasteiger partial charge >= 0.3 is 0 Å². The van der Waals surface area contributed by atoms with Crippen molar-refractivity contribution >= 4 is 16.9 Å². The van der Waals surface area contributed by atoms with Gasteiger partial charge in [0.15, 0.2) is 5.69 Å². The highest BCUT2D eigenvalue weighted by Crippen LogP contribution is 2.33. The van der Waals surface area contributed by atoms with Gasteiger partial charge in [-0.15, -0.1) is 0 Å². The molecule has 3 heterocycles. The first-order chi connectivity index (χ1) is 12.0. The van der Waals surface area contributed by atoms with E-state index in [1.54, 1.807) is 6.07 Å². The van der Waals surface area contributed by atoms with E-state index in [0.29, 0.717) is 12.2 Å². The molecule has 4 rings (SSSR count). The number of nitrogens with zero attached hydrogens (tertiary/aromatic N) is 3. The van der Waals surface area contributed by atoms with Gasteiger partial charge in [0.25, 0.3) is 5.91 Å². The average molecular weight is 338 g/mol. The van der Waals surface area contributed by atoms with Crippen molar-refractivity contribution in [2.24, 2.45) is 0 Å². The monoisotopic (exact) mass is 338 g/mol. The summed E-state index contributed by atoms with van der Waals surface area (Å²) < 4.78 is 5.29. The molecule has 1 aliphatic heterocycles. The molecule has 1 aromatic carbocycles. The van der Waals surface area contributed by atoms with E-state index < -0.39 is 0 Å². The summed E-state index contributed by atoms with van der Waals surface area (Å²) in [7, 11) is 0. The summed E-state index contributed by atoms with van der Waals surface area (Å²) in [4.78, 5) is 22.9. The molecule has 0 unspecified atom stereocenters. The number of amides is 1. The lowest BCUT2D eigenvalue weighted by atomic mass is 10.1. The number of para-hydroxylation sites is 1. The quantitative estimate of drug-likeness (QED) is 0.784. The number of carbonyl (C=O) groups is 1. The lowest BCUT2D eigenvalue weighted by molar-refractivity contribution is 0.0720. The fraction of sp³-hybridized carbons (Fsp3) is 0.421. The highest BCUT2D eigenvalue weighted by molar-refractivity contribution is 5.92. The molecule has 1 fully saturated rings. The van der Waals surface area contributed by atoms with Gasteiger partial charge in [-0.2, -0.15) is 0 Å². The van der Waals surface area contributed by atoms with Crippen LogP contribution >= 0.6 is 0 Å². The number of rotatable bonds is 3. The third-order valence-corrected chi connectivity index (χ3v) is 4.88. The fourth-order valence-corrected chi connectivity index (χ4v) is 3.46. The maximum atomic E-state index is 12.9. The minimum absolute atomic E-state index is 0.0431. The lowest BCUT2D eigenvalue weighted by Crippen LogP contribution is -2.31. The van der Waals surface area contributed by atoms with Crippen LogP contribution < -0.4 is 0 Å². The predicted octanol–water partition coefficient (Wildman–Crippen LogP) is 3.96. The first-order valence-corrected chi connectivity index (χ1v) is 8.77. The van der Waals surface area contributed by atoms with E-state index in [-0.39, 0.29) is 17.9 Å². The van der Waals surface area contributed by atoms with Crippen LogP contribution in [0.3, 0.4) is 0 Å². The van der Waals surface area contributed by atoms with Crippen molar-refractivity contribution in [3.63, 3.8) is 0 Å². The molecular formula is C19H22N4O2. The van der Waals surface area contributed by atoms with Gasteiger partial charge in [0, 0.05) is 18.5 Å². The molecule has 1 N–H and O–H groups in total. The predicted molar refractivity (Wildman–Crippen MR) is 94.4 cm³/mol. The minimum Gasteiger partial charge on any atom is -0.360 e. The number of aromatic amines is 1. The molecule has 2 aromatic heterocycles. The number of benzene rings is 1. The molecular weight excluding hydrogens is 316 g/mol. The SMILES string of the molecule is Cc1cccc2[nH]c([C@@H]3CCCN3C(=O)c3cc(C(C)C)on3)nc12. The first-order valence-electron chi connectivity index (χ1n) is 8.77. The average Bonchev–Trinajstić information content (AvgIpc) is 3.32. The summed E-state index contributed by atoms with van der Waals surface area (Å²) in [5, 5.41) is 3.97. The summed E-state index contributed by atoms with van der Waals surface area (Å²) in [5.41, 5.74) is 3.50. The Balaban J connectivity index is 1.64. The van der Waals surface area contributed by atoms with Crippen molar-refractivity contribution in [1.29, 1.82) is 0 Å². The molecule has 0 bridgehead atoms. The zero-order valence-electron chi connectivity index (χ0n) is 14.7. The van der Waals surface area contributed by atoms with E-state index >= 15 is 0 Å². The number of H-pyrrole nitrogens is 1. The Bertz CT molecular complexity index is 925. The topological polar surface area (TPSA) is 75.0 Å². The van der Waals surface area contributed by atoms with E-state index in [9.17, 15) is 4.79 Å². The van der Waals surface area contributed by atoms with Crippen LogP contribution in [0.5, 0.6) is 0 Å². The Morgan fingerprint density at radius 3 is 2.96 bits per heavy atom. The summed E-state index contributed by atoms with van der Waals surface area (Å²) in [5.74, 6) is 1.71. The maximum Gasteiger partial charge on any atom is 0.276 e. The zero-order valence-corrected chi connectivity index (χ0v) is 14.7. The summed E-state index contributed by atoms with van der Waals surface area (Å²) >= 11 is 0.